The second-order valence-electron chi connectivity index (χ2n) is 5.48. The van der Waals surface area contributed by atoms with Crippen molar-refractivity contribution in [2.24, 2.45) is 11.8 Å². The van der Waals surface area contributed by atoms with Gasteiger partial charge in [-0.2, -0.15) is 0 Å². The Bertz CT molecular complexity index is 619. The number of carboxylic acid groups (broad SMARTS) is 1. The number of aromatic carboxylic acids is 1. The Hall–Kier alpha value is -1.88. The molecular formula is C15H14ClNO4. The van der Waals surface area contributed by atoms with Gasteiger partial charge >= 0.3 is 5.97 Å². The van der Waals surface area contributed by atoms with Crippen molar-refractivity contribution in [3.63, 3.8) is 0 Å². The van der Waals surface area contributed by atoms with E-state index < -0.39 is 5.97 Å². The summed E-state index contributed by atoms with van der Waals surface area (Å²) >= 11 is 5.92. The summed E-state index contributed by atoms with van der Waals surface area (Å²) in [5.74, 6) is -1.99. The fourth-order valence-electron chi connectivity index (χ4n) is 3.23. The van der Waals surface area contributed by atoms with Gasteiger partial charge in [0, 0.05) is 0 Å². The maximum absolute atomic E-state index is 12.4. The van der Waals surface area contributed by atoms with Crippen LogP contribution in [-0.4, -0.2) is 22.9 Å². The van der Waals surface area contributed by atoms with Gasteiger partial charge in [0.2, 0.25) is 11.8 Å². The number of carboxylic acids is 1. The highest BCUT2D eigenvalue weighted by Gasteiger charge is 2.48. The van der Waals surface area contributed by atoms with E-state index in [0.29, 0.717) is 5.69 Å². The topological polar surface area (TPSA) is 74.7 Å². The van der Waals surface area contributed by atoms with Crippen molar-refractivity contribution < 1.29 is 19.5 Å². The molecule has 1 saturated carbocycles. The summed E-state index contributed by atoms with van der Waals surface area (Å²) in [5, 5.41) is 8.99. The van der Waals surface area contributed by atoms with Crippen molar-refractivity contribution in [1.29, 1.82) is 0 Å². The zero-order chi connectivity index (χ0) is 15.1. The first kappa shape index (κ1) is 14.1. The lowest BCUT2D eigenvalue weighted by Gasteiger charge is -2.19. The summed E-state index contributed by atoms with van der Waals surface area (Å²) in [6.45, 7) is 0. The molecule has 0 bridgehead atoms. The van der Waals surface area contributed by atoms with Gasteiger partial charge in [-0.15, -0.1) is 0 Å². The van der Waals surface area contributed by atoms with Gasteiger partial charge in [-0.05, 0) is 31.0 Å². The summed E-state index contributed by atoms with van der Waals surface area (Å²) < 4.78 is 0. The zero-order valence-corrected chi connectivity index (χ0v) is 12.0. The average Bonchev–Trinajstić information content (AvgIpc) is 2.71. The van der Waals surface area contributed by atoms with Crippen LogP contribution in [0.4, 0.5) is 5.69 Å². The van der Waals surface area contributed by atoms with Crippen LogP contribution in [0.2, 0.25) is 5.02 Å². The molecule has 1 aliphatic heterocycles. The van der Waals surface area contributed by atoms with E-state index in [1.165, 1.54) is 18.2 Å². The third kappa shape index (κ3) is 2.21. The highest BCUT2D eigenvalue weighted by molar-refractivity contribution is 6.34. The van der Waals surface area contributed by atoms with Crippen molar-refractivity contribution in [2.45, 2.75) is 25.7 Å². The predicted molar refractivity (Wildman–Crippen MR) is 76.4 cm³/mol. The third-order valence-electron chi connectivity index (χ3n) is 4.28. The molecule has 1 aromatic carbocycles. The molecule has 110 valence electrons. The van der Waals surface area contributed by atoms with Crippen LogP contribution < -0.4 is 4.90 Å². The number of rotatable bonds is 2. The Morgan fingerprint density at radius 1 is 1.14 bits per heavy atom. The number of benzene rings is 1. The molecule has 3 rings (SSSR count). The molecule has 1 saturated heterocycles. The molecule has 5 nitrogen and oxygen atoms in total. The Balaban J connectivity index is 1.97. The van der Waals surface area contributed by atoms with Gasteiger partial charge in [-0.3, -0.25) is 14.5 Å². The molecule has 2 fully saturated rings. The third-order valence-corrected chi connectivity index (χ3v) is 4.60. The van der Waals surface area contributed by atoms with Crippen LogP contribution >= 0.6 is 11.6 Å². The van der Waals surface area contributed by atoms with Gasteiger partial charge in [-0.25, -0.2) is 4.79 Å². The summed E-state index contributed by atoms with van der Waals surface area (Å²) in [5.41, 5.74) is 0.311. The number of anilines is 1. The lowest BCUT2D eigenvalue weighted by atomic mass is 9.81. The molecule has 0 spiro atoms. The van der Waals surface area contributed by atoms with Gasteiger partial charge in [0.15, 0.2) is 0 Å². The van der Waals surface area contributed by atoms with Gasteiger partial charge in [0.1, 0.15) is 0 Å². The van der Waals surface area contributed by atoms with E-state index in [1.54, 1.807) is 0 Å². The van der Waals surface area contributed by atoms with Crippen molar-refractivity contribution in [3.05, 3.63) is 28.8 Å². The van der Waals surface area contributed by atoms with E-state index >= 15 is 0 Å². The molecule has 2 atom stereocenters. The fourth-order valence-corrected chi connectivity index (χ4v) is 3.49. The molecule has 21 heavy (non-hydrogen) atoms. The van der Waals surface area contributed by atoms with E-state index in [9.17, 15) is 14.4 Å². The molecule has 1 heterocycles. The van der Waals surface area contributed by atoms with Crippen LogP contribution in [0.25, 0.3) is 0 Å². The molecule has 2 amide bonds. The Kier molecular flexibility index (Phi) is 3.45. The van der Waals surface area contributed by atoms with E-state index in [0.717, 1.165) is 30.6 Å². The van der Waals surface area contributed by atoms with Crippen LogP contribution in [-0.2, 0) is 9.59 Å². The van der Waals surface area contributed by atoms with Crippen LogP contribution in [0.1, 0.15) is 36.0 Å². The summed E-state index contributed by atoms with van der Waals surface area (Å²) in [6.07, 6.45) is 3.42. The minimum absolute atomic E-state index is 0.0236. The molecule has 1 N–H and O–H groups in total. The zero-order valence-electron chi connectivity index (χ0n) is 11.2. The van der Waals surface area contributed by atoms with Gasteiger partial charge in [0.05, 0.1) is 28.1 Å². The van der Waals surface area contributed by atoms with Crippen molar-refractivity contribution in [3.8, 4) is 0 Å². The van der Waals surface area contributed by atoms with Gasteiger partial charge in [-0.1, -0.05) is 24.4 Å². The van der Waals surface area contributed by atoms with Crippen LogP contribution in [0.5, 0.6) is 0 Å². The predicted octanol–water partition coefficient (Wildman–Crippen LogP) is 2.72. The molecule has 0 unspecified atom stereocenters. The lowest BCUT2D eigenvalue weighted by Crippen LogP contribution is -2.30. The largest absolute Gasteiger partial charge is 0.478 e. The Labute approximate surface area is 126 Å². The maximum Gasteiger partial charge on any atom is 0.337 e. The van der Waals surface area contributed by atoms with Crippen molar-refractivity contribution >= 4 is 35.1 Å². The van der Waals surface area contributed by atoms with Crippen LogP contribution in [0.3, 0.4) is 0 Å². The Morgan fingerprint density at radius 2 is 1.71 bits per heavy atom. The lowest BCUT2D eigenvalue weighted by molar-refractivity contribution is -0.122. The van der Waals surface area contributed by atoms with Crippen LogP contribution in [0, 0.1) is 11.8 Å². The summed E-state index contributed by atoms with van der Waals surface area (Å²) in [4.78, 5) is 37.0. The molecule has 6 heteroatoms. The smallest absolute Gasteiger partial charge is 0.337 e. The first-order valence-electron chi connectivity index (χ1n) is 6.91. The first-order valence-corrected chi connectivity index (χ1v) is 7.29. The molecule has 2 aliphatic rings. The minimum Gasteiger partial charge on any atom is -0.478 e. The van der Waals surface area contributed by atoms with Crippen molar-refractivity contribution in [2.75, 3.05) is 4.90 Å². The van der Waals surface area contributed by atoms with Gasteiger partial charge < -0.3 is 5.11 Å². The van der Waals surface area contributed by atoms with E-state index in [-0.39, 0.29) is 34.2 Å². The molecule has 1 aliphatic carbocycles. The second kappa shape index (κ2) is 5.15. The molecule has 0 aromatic heterocycles. The number of carbonyl (C=O) groups is 3. The highest BCUT2D eigenvalue weighted by Crippen LogP contribution is 2.40. The number of imide groups is 1. The monoisotopic (exact) mass is 307 g/mol. The Morgan fingerprint density at radius 3 is 2.19 bits per heavy atom. The molecule has 0 radical (unpaired) electrons. The SMILES string of the molecule is O=C(O)c1ccc(N2C(=O)[C@H]3CCCC[C@@H]3C2=O)cc1Cl. The minimum atomic E-state index is -1.14. The summed E-state index contributed by atoms with van der Waals surface area (Å²) in [7, 11) is 0. The number of amides is 2. The number of fused-ring (bicyclic) bond motifs is 1. The first-order chi connectivity index (χ1) is 10.0. The second-order valence-corrected chi connectivity index (χ2v) is 5.89. The average molecular weight is 308 g/mol. The maximum atomic E-state index is 12.4. The van der Waals surface area contributed by atoms with E-state index in [1.807, 2.05) is 0 Å². The highest BCUT2D eigenvalue weighted by atomic mass is 35.5. The molecular weight excluding hydrogens is 294 g/mol. The van der Waals surface area contributed by atoms with Crippen molar-refractivity contribution in [1.82, 2.24) is 0 Å². The number of halogens is 1. The fraction of sp³-hybridized carbons (Fsp3) is 0.400. The number of hydrogen-bond acceptors (Lipinski definition) is 3. The number of carbonyl (C=O) groups excluding carboxylic acids is 2. The molecule has 1 aromatic rings. The van der Waals surface area contributed by atoms with Crippen LogP contribution in [0.15, 0.2) is 18.2 Å². The normalized spacial score (nSPS) is 25.1. The van der Waals surface area contributed by atoms with Gasteiger partial charge in [0.25, 0.3) is 0 Å². The number of hydrogen-bond donors (Lipinski definition) is 1. The summed E-state index contributed by atoms with van der Waals surface area (Å²) in [6, 6.07) is 4.16. The quantitative estimate of drug-likeness (QED) is 0.852. The number of nitrogens with zero attached hydrogens (tertiary/aromatic N) is 1. The van der Waals surface area contributed by atoms with E-state index in [2.05, 4.69) is 0 Å². The van der Waals surface area contributed by atoms with E-state index in [4.69, 9.17) is 16.7 Å². The standard InChI is InChI=1S/C15H14ClNO4/c16-12-7-8(5-6-11(12)15(20)21)17-13(18)9-3-1-2-4-10(9)14(17)19/h5-7,9-10H,1-4H2,(H,20,21)/t9-,10-/m0/s1.